The molecule has 3 aromatic rings. The van der Waals surface area contributed by atoms with E-state index in [9.17, 15) is 9.59 Å². The van der Waals surface area contributed by atoms with E-state index < -0.39 is 0 Å². The lowest BCUT2D eigenvalue weighted by Crippen LogP contribution is -2.28. The van der Waals surface area contributed by atoms with Gasteiger partial charge in [-0.25, -0.2) is 0 Å². The minimum Gasteiger partial charge on any atom is -0.459 e. The molecule has 1 aromatic heterocycles. The molecule has 0 fully saturated rings. The van der Waals surface area contributed by atoms with Gasteiger partial charge in [-0.3, -0.25) is 9.59 Å². The zero-order valence-corrected chi connectivity index (χ0v) is 15.2. The first-order valence-corrected chi connectivity index (χ1v) is 9.30. The number of rotatable bonds is 3. The Hall–Kier alpha value is -2.73. The van der Waals surface area contributed by atoms with Crippen molar-refractivity contribution in [1.29, 1.82) is 0 Å². The molecule has 0 saturated heterocycles. The van der Waals surface area contributed by atoms with Crippen LogP contribution in [-0.2, 0) is 4.79 Å². The number of amides is 2. The number of para-hydroxylation sites is 1. The Bertz CT molecular complexity index is 978. The number of nitrogens with one attached hydrogen (secondary N) is 2. The van der Waals surface area contributed by atoms with Crippen molar-refractivity contribution >= 4 is 40.2 Å². The van der Waals surface area contributed by atoms with Gasteiger partial charge in [-0.2, -0.15) is 0 Å². The number of thioether (sulfide) groups is 1. The van der Waals surface area contributed by atoms with Crippen LogP contribution >= 0.6 is 11.8 Å². The van der Waals surface area contributed by atoms with Crippen LogP contribution < -0.4 is 10.6 Å². The molecule has 2 N–H and O–H groups in total. The van der Waals surface area contributed by atoms with Crippen LogP contribution in [0, 0.1) is 0 Å². The lowest BCUT2D eigenvalue weighted by Gasteiger charge is -2.22. The van der Waals surface area contributed by atoms with Crippen LogP contribution in [0.3, 0.4) is 0 Å². The number of hydrogen-bond acceptors (Lipinski definition) is 4. The second kappa shape index (κ2) is 6.53. The minimum atomic E-state index is -0.269. The quantitative estimate of drug-likeness (QED) is 0.723. The fraction of sp³-hybridized carbons (Fsp3) is 0.200. The maximum atomic E-state index is 12.6. The SMILES string of the molecule is C[C@H]1Sc2ccc(C(=O)N[C@H](C)c3cc4ccccc4o3)cc2NC1=O. The minimum absolute atomic E-state index is 0.0456. The normalized spacial score (nSPS) is 17.5. The molecule has 4 rings (SSSR count). The molecule has 0 unspecified atom stereocenters. The molecular weight excluding hydrogens is 348 g/mol. The van der Waals surface area contributed by atoms with Crippen molar-refractivity contribution in [1.82, 2.24) is 5.32 Å². The van der Waals surface area contributed by atoms with Crippen LogP contribution in [-0.4, -0.2) is 17.1 Å². The summed E-state index contributed by atoms with van der Waals surface area (Å²) < 4.78 is 5.81. The summed E-state index contributed by atoms with van der Waals surface area (Å²) >= 11 is 1.49. The lowest BCUT2D eigenvalue weighted by atomic mass is 10.1. The van der Waals surface area contributed by atoms with Crippen molar-refractivity contribution in [3.05, 3.63) is 59.9 Å². The fourth-order valence-electron chi connectivity index (χ4n) is 2.92. The highest BCUT2D eigenvalue weighted by Crippen LogP contribution is 2.36. The Balaban J connectivity index is 1.52. The van der Waals surface area contributed by atoms with Gasteiger partial charge in [0.1, 0.15) is 11.3 Å². The van der Waals surface area contributed by atoms with Crippen molar-refractivity contribution in [2.24, 2.45) is 0 Å². The van der Waals surface area contributed by atoms with E-state index in [2.05, 4.69) is 10.6 Å². The third-order valence-electron chi connectivity index (χ3n) is 4.39. The highest BCUT2D eigenvalue weighted by Gasteiger charge is 2.24. The Morgan fingerprint density at radius 3 is 2.85 bits per heavy atom. The second-order valence-corrected chi connectivity index (χ2v) is 7.72. The van der Waals surface area contributed by atoms with E-state index in [0.29, 0.717) is 17.0 Å². The van der Waals surface area contributed by atoms with Crippen molar-refractivity contribution < 1.29 is 14.0 Å². The van der Waals surface area contributed by atoms with Gasteiger partial charge in [0.05, 0.1) is 17.0 Å². The average molecular weight is 366 g/mol. The number of benzene rings is 2. The van der Waals surface area contributed by atoms with Crippen LogP contribution in [0.5, 0.6) is 0 Å². The van der Waals surface area contributed by atoms with Gasteiger partial charge >= 0.3 is 0 Å². The van der Waals surface area contributed by atoms with Gasteiger partial charge in [-0.15, -0.1) is 11.8 Å². The van der Waals surface area contributed by atoms with Crippen LogP contribution in [0.15, 0.2) is 57.8 Å². The molecule has 2 amide bonds. The number of anilines is 1. The zero-order valence-electron chi connectivity index (χ0n) is 14.4. The van der Waals surface area contributed by atoms with Gasteiger partial charge in [0.25, 0.3) is 5.91 Å². The maximum absolute atomic E-state index is 12.6. The number of carbonyl (C=O) groups excluding carboxylic acids is 2. The summed E-state index contributed by atoms with van der Waals surface area (Å²) in [6.45, 7) is 3.74. The number of furan rings is 1. The van der Waals surface area contributed by atoms with E-state index in [1.165, 1.54) is 11.8 Å². The Morgan fingerprint density at radius 2 is 2.04 bits per heavy atom. The largest absolute Gasteiger partial charge is 0.459 e. The van der Waals surface area contributed by atoms with E-state index >= 15 is 0 Å². The van der Waals surface area contributed by atoms with Gasteiger partial charge in [0, 0.05) is 15.8 Å². The average Bonchev–Trinajstić information content (AvgIpc) is 3.06. The maximum Gasteiger partial charge on any atom is 0.251 e. The monoisotopic (exact) mass is 366 g/mol. The molecule has 0 saturated carbocycles. The molecule has 0 radical (unpaired) electrons. The molecule has 5 nitrogen and oxygen atoms in total. The molecule has 2 heterocycles. The van der Waals surface area contributed by atoms with Crippen LogP contribution in [0.25, 0.3) is 11.0 Å². The van der Waals surface area contributed by atoms with E-state index in [4.69, 9.17) is 4.42 Å². The predicted octanol–water partition coefficient (Wildman–Crippen LogP) is 4.36. The molecule has 26 heavy (non-hydrogen) atoms. The standard InChI is InChI=1S/C20H18N2O3S/c1-11(17-10-13-5-3-4-6-16(13)25-17)21-20(24)14-7-8-18-15(9-14)22-19(23)12(2)26-18/h3-12H,1-2H3,(H,21,24)(H,22,23)/t11-,12-/m1/s1. The molecule has 132 valence electrons. The zero-order chi connectivity index (χ0) is 18.3. The first kappa shape index (κ1) is 16.7. The van der Waals surface area contributed by atoms with Gasteiger partial charge in [0.2, 0.25) is 5.91 Å². The summed E-state index contributed by atoms with van der Waals surface area (Å²) in [5.41, 5.74) is 1.98. The van der Waals surface area contributed by atoms with Gasteiger partial charge in [-0.05, 0) is 44.2 Å². The van der Waals surface area contributed by atoms with Crippen LogP contribution in [0.1, 0.15) is 36.0 Å². The third kappa shape index (κ3) is 3.08. The fourth-order valence-corrected chi connectivity index (χ4v) is 3.85. The lowest BCUT2D eigenvalue weighted by molar-refractivity contribution is -0.115. The first-order valence-electron chi connectivity index (χ1n) is 8.42. The van der Waals surface area contributed by atoms with Crippen molar-refractivity contribution in [2.75, 3.05) is 5.32 Å². The van der Waals surface area contributed by atoms with Gasteiger partial charge < -0.3 is 15.1 Å². The van der Waals surface area contributed by atoms with Gasteiger partial charge in [-0.1, -0.05) is 18.2 Å². The summed E-state index contributed by atoms with van der Waals surface area (Å²) in [5.74, 6) is 0.449. The highest BCUT2D eigenvalue weighted by atomic mass is 32.2. The summed E-state index contributed by atoms with van der Waals surface area (Å²) in [7, 11) is 0. The van der Waals surface area contributed by atoms with E-state index in [0.717, 1.165) is 15.9 Å². The molecule has 2 aromatic carbocycles. The summed E-state index contributed by atoms with van der Waals surface area (Å²) in [5, 5.41) is 6.67. The van der Waals surface area contributed by atoms with E-state index in [1.54, 1.807) is 12.1 Å². The topological polar surface area (TPSA) is 71.3 Å². The summed E-state index contributed by atoms with van der Waals surface area (Å²) in [6, 6.07) is 14.8. The molecule has 0 aliphatic carbocycles. The van der Waals surface area contributed by atoms with Crippen molar-refractivity contribution in [3.63, 3.8) is 0 Å². The Morgan fingerprint density at radius 1 is 1.23 bits per heavy atom. The molecule has 0 spiro atoms. The second-order valence-electron chi connectivity index (χ2n) is 6.34. The third-order valence-corrected chi connectivity index (χ3v) is 5.57. The molecule has 6 heteroatoms. The Labute approximate surface area is 155 Å². The molecular formula is C20H18N2O3S. The highest BCUT2D eigenvalue weighted by molar-refractivity contribution is 8.00. The van der Waals surface area contributed by atoms with Crippen LogP contribution in [0.4, 0.5) is 5.69 Å². The molecule has 1 aliphatic heterocycles. The molecule has 0 bridgehead atoms. The number of fused-ring (bicyclic) bond motifs is 2. The summed E-state index contributed by atoms with van der Waals surface area (Å²) in [6.07, 6.45) is 0. The smallest absolute Gasteiger partial charge is 0.251 e. The van der Waals surface area contributed by atoms with Gasteiger partial charge in [0.15, 0.2) is 0 Å². The summed E-state index contributed by atoms with van der Waals surface area (Å²) in [4.78, 5) is 25.4. The predicted molar refractivity (Wildman–Crippen MR) is 102 cm³/mol. The molecule has 2 atom stereocenters. The first-order chi connectivity index (χ1) is 12.5. The van der Waals surface area contributed by atoms with Crippen LogP contribution in [0.2, 0.25) is 0 Å². The number of hydrogen-bond donors (Lipinski definition) is 2. The Kier molecular flexibility index (Phi) is 4.20. The van der Waals surface area contributed by atoms with Crippen molar-refractivity contribution in [3.8, 4) is 0 Å². The van der Waals surface area contributed by atoms with Crippen molar-refractivity contribution in [2.45, 2.75) is 30.0 Å². The van der Waals surface area contributed by atoms with E-state index in [-0.39, 0.29) is 23.1 Å². The number of carbonyl (C=O) groups is 2. The molecule has 1 aliphatic rings. The van der Waals surface area contributed by atoms with E-state index in [1.807, 2.05) is 50.2 Å².